The summed E-state index contributed by atoms with van der Waals surface area (Å²) in [5.74, 6) is 0.118. The van der Waals surface area contributed by atoms with Crippen LogP contribution in [0.2, 0.25) is 0 Å². The summed E-state index contributed by atoms with van der Waals surface area (Å²) in [4.78, 5) is 16.3. The van der Waals surface area contributed by atoms with E-state index in [1.54, 1.807) is 11.0 Å². The van der Waals surface area contributed by atoms with Crippen LogP contribution in [0.4, 0.5) is 19.4 Å². The lowest BCUT2D eigenvalue weighted by Gasteiger charge is -2.38. The van der Waals surface area contributed by atoms with Crippen LogP contribution in [-0.4, -0.2) is 51.8 Å². The Morgan fingerprint density at radius 1 is 1.25 bits per heavy atom. The van der Waals surface area contributed by atoms with Gasteiger partial charge in [0.05, 0.1) is 11.6 Å². The maximum absolute atomic E-state index is 12.8. The van der Waals surface area contributed by atoms with Crippen LogP contribution in [0.1, 0.15) is 36.2 Å². The Labute approximate surface area is 162 Å². The molecular formula is C19H22F2N6O. The molecule has 2 heterocycles. The minimum absolute atomic E-state index is 0.118. The molecule has 2 amide bonds. The summed E-state index contributed by atoms with van der Waals surface area (Å²) in [6, 6.07) is 10.6. The molecule has 0 bridgehead atoms. The lowest BCUT2D eigenvalue weighted by molar-refractivity contribution is 0.119. The summed E-state index contributed by atoms with van der Waals surface area (Å²) in [5.41, 5.74) is 1.44. The average Bonchev–Trinajstić information content (AvgIpc) is 3.07. The second-order valence-electron chi connectivity index (χ2n) is 6.75. The van der Waals surface area contributed by atoms with Crippen molar-refractivity contribution in [3.05, 3.63) is 47.2 Å². The quantitative estimate of drug-likeness (QED) is 0.873. The fourth-order valence-electron chi connectivity index (χ4n) is 3.33. The van der Waals surface area contributed by atoms with E-state index in [0.29, 0.717) is 31.7 Å². The van der Waals surface area contributed by atoms with E-state index in [1.807, 2.05) is 18.2 Å². The first-order valence-corrected chi connectivity index (χ1v) is 9.01. The number of rotatable bonds is 4. The van der Waals surface area contributed by atoms with Crippen molar-refractivity contribution in [1.82, 2.24) is 19.6 Å². The predicted molar refractivity (Wildman–Crippen MR) is 99.9 cm³/mol. The zero-order valence-corrected chi connectivity index (χ0v) is 15.8. The molecule has 1 aromatic heterocycles. The average molecular weight is 388 g/mol. The molecule has 2 aromatic rings. The maximum Gasteiger partial charge on any atom is 0.323 e. The first-order chi connectivity index (χ1) is 13.4. The molecule has 148 valence electrons. The molecule has 0 aliphatic carbocycles. The Kier molecular flexibility index (Phi) is 5.90. The van der Waals surface area contributed by atoms with Gasteiger partial charge >= 0.3 is 6.03 Å². The van der Waals surface area contributed by atoms with E-state index in [-0.39, 0.29) is 23.6 Å². The lowest BCUT2D eigenvalue weighted by atomic mass is 10.0. The fraction of sp³-hybridized carbons (Fsp3) is 0.421. The van der Waals surface area contributed by atoms with Crippen LogP contribution in [0.15, 0.2) is 30.3 Å². The largest absolute Gasteiger partial charge is 0.323 e. The molecule has 1 aliphatic heterocycles. The second-order valence-corrected chi connectivity index (χ2v) is 6.75. The zero-order valence-electron chi connectivity index (χ0n) is 15.8. The van der Waals surface area contributed by atoms with Gasteiger partial charge in [-0.3, -0.25) is 14.9 Å². The van der Waals surface area contributed by atoms with Crippen LogP contribution in [0.3, 0.4) is 0 Å². The second kappa shape index (κ2) is 8.35. The molecule has 1 aliphatic rings. The van der Waals surface area contributed by atoms with Crippen molar-refractivity contribution in [2.45, 2.75) is 19.4 Å². The molecule has 28 heavy (non-hydrogen) atoms. The third-order valence-corrected chi connectivity index (χ3v) is 5.02. The van der Waals surface area contributed by atoms with E-state index < -0.39 is 6.43 Å². The molecule has 7 nitrogen and oxygen atoms in total. The van der Waals surface area contributed by atoms with Gasteiger partial charge in [-0.1, -0.05) is 12.1 Å². The Bertz CT molecular complexity index is 883. The Morgan fingerprint density at radius 3 is 2.57 bits per heavy atom. The van der Waals surface area contributed by atoms with Gasteiger partial charge in [0, 0.05) is 45.3 Å². The van der Waals surface area contributed by atoms with Crippen LogP contribution < -0.4 is 5.32 Å². The SMILES string of the molecule is CC(c1cccc(C#N)c1)N1CCN(C(=O)Nc2cc(C(F)F)n(C)n2)CC1. The van der Waals surface area contributed by atoms with Crippen molar-refractivity contribution in [2.24, 2.45) is 7.05 Å². The van der Waals surface area contributed by atoms with Gasteiger partial charge in [0.25, 0.3) is 6.43 Å². The Balaban J connectivity index is 1.56. The van der Waals surface area contributed by atoms with Crippen LogP contribution in [0.5, 0.6) is 0 Å². The number of carbonyl (C=O) groups is 1. The van der Waals surface area contributed by atoms with Crippen LogP contribution in [0.25, 0.3) is 0 Å². The first kappa shape index (κ1) is 19.8. The van der Waals surface area contributed by atoms with Gasteiger partial charge < -0.3 is 4.90 Å². The number of nitrogens with zero attached hydrogens (tertiary/aromatic N) is 5. The van der Waals surface area contributed by atoms with Crippen LogP contribution in [-0.2, 0) is 7.05 Å². The summed E-state index contributed by atoms with van der Waals surface area (Å²) < 4.78 is 26.7. The molecule has 1 aromatic carbocycles. The maximum atomic E-state index is 12.8. The molecule has 0 radical (unpaired) electrons. The number of nitrogens with one attached hydrogen (secondary N) is 1. The number of aromatic nitrogens is 2. The minimum Gasteiger partial charge on any atom is -0.322 e. The van der Waals surface area contributed by atoms with Gasteiger partial charge in [-0.15, -0.1) is 0 Å². The molecule has 9 heteroatoms. The highest BCUT2D eigenvalue weighted by molar-refractivity contribution is 5.88. The third kappa shape index (κ3) is 4.28. The molecule has 0 spiro atoms. The number of alkyl halides is 2. The smallest absolute Gasteiger partial charge is 0.322 e. The standard InChI is InChI=1S/C19H22F2N6O/c1-13(15-5-3-4-14(10-15)12-22)26-6-8-27(9-7-26)19(28)23-17-11-16(18(20)21)25(2)24-17/h3-5,10-11,13,18H,6-9H2,1-2H3,(H,23,24,28). The Hall–Kier alpha value is -2.99. The summed E-state index contributed by atoms with van der Waals surface area (Å²) >= 11 is 0. The zero-order chi connectivity index (χ0) is 20.3. The summed E-state index contributed by atoms with van der Waals surface area (Å²) in [6.45, 7) is 4.46. The predicted octanol–water partition coefficient (Wildman–Crippen LogP) is 3.14. The number of hydrogen-bond acceptors (Lipinski definition) is 4. The lowest BCUT2D eigenvalue weighted by Crippen LogP contribution is -2.50. The topological polar surface area (TPSA) is 77.2 Å². The number of anilines is 1. The monoisotopic (exact) mass is 388 g/mol. The van der Waals surface area contributed by atoms with Gasteiger partial charge in [0.2, 0.25) is 0 Å². The molecule has 1 fully saturated rings. The van der Waals surface area contributed by atoms with Crippen molar-refractivity contribution in [1.29, 1.82) is 5.26 Å². The number of nitriles is 1. The molecule has 1 unspecified atom stereocenters. The highest BCUT2D eigenvalue weighted by atomic mass is 19.3. The number of piperazine rings is 1. The van der Waals surface area contributed by atoms with Gasteiger partial charge in [-0.25, -0.2) is 13.6 Å². The molecular weight excluding hydrogens is 366 g/mol. The molecule has 3 rings (SSSR count). The van der Waals surface area contributed by atoms with E-state index in [4.69, 9.17) is 5.26 Å². The minimum atomic E-state index is -2.65. The van der Waals surface area contributed by atoms with E-state index >= 15 is 0 Å². The summed E-state index contributed by atoms with van der Waals surface area (Å²) in [7, 11) is 1.42. The van der Waals surface area contributed by atoms with E-state index in [9.17, 15) is 13.6 Å². The number of urea groups is 1. The summed E-state index contributed by atoms with van der Waals surface area (Å²) in [5, 5.41) is 15.5. The van der Waals surface area contributed by atoms with Crippen molar-refractivity contribution in [3.63, 3.8) is 0 Å². The highest BCUT2D eigenvalue weighted by Gasteiger charge is 2.25. The van der Waals surface area contributed by atoms with Crippen molar-refractivity contribution in [2.75, 3.05) is 31.5 Å². The fourth-order valence-corrected chi connectivity index (χ4v) is 3.33. The van der Waals surface area contributed by atoms with Crippen LogP contribution in [0, 0.1) is 11.3 Å². The number of halogens is 2. The van der Waals surface area contributed by atoms with E-state index in [1.165, 1.54) is 13.1 Å². The number of amides is 2. The van der Waals surface area contributed by atoms with Gasteiger partial charge in [-0.2, -0.15) is 10.4 Å². The van der Waals surface area contributed by atoms with Gasteiger partial charge in [0.15, 0.2) is 5.82 Å². The van der Waals surface area contributed by atoms with Gasteiger partial charge in [0.1, 0.15) is 5.69 Å². The molecule has 1 atom stereocenters. The number of carbonyl (C=O) groups excluding carboxylic acids is 1. The number of hydrogen-bond donors (Lipinski definition) is 1. The van der Waals surface area contributed by atoms with E-state index in [0.717, 1.165) is 10.2 Å². The van der Waals surface area contributed by atoms with Crippen LogP contribution >= 0.6 is 0 Å². The highest BCUT2D eigenvalue weighted by Crippen LogP contribution is 2.23. The first-order valence-electron chi connectivity index (χ1n) is 9.01. The number of benzene rings is 1. The Morgan fingerprint density at radius 2 is 1.96 bits per heavy atom. The molecule has 1 N–H and O–H groups in total. The van der Waals surface area contributed by atoms with Crippen molar-refractivity contribution >= 4 is 11.8 Å². The summed E-state index contributed by atoms with van der Waals surface area (Å²) in [6.07, 6.45) is -2.65. The van der Waals surface area contributed by atoms with Crippen molar-refractivity contribution in [3.8, 4) is 6.07 Å². The number of aryl methyl sites for hydroxylation is 1. The molecule has 1 saturated heterocycles. The van der Waals surface area contributed by atoms with Gasteiger partial charge in [-0.05, 0) is 24.6 Å². The third-order valence-electron chi connectivity index (χ3n) is 5.02. The van der Waals surface area contributed by atoms with E-state index in [2.05, 4.69) is 28.3 Å². The normalized spacial score (nSPS) is 16.1. The molecule has 0 saturated carbocycles. The van der Waals surface area contributed by atoms with Crippen molar-refractivity contribution < 1.29 is 13.6 Å².